The van der Waals surface area contributed by atoms with Crippen LogP contribution < -0.4 is 21.1 Å². The number of aryl methyl sites for hydroxylation is 1. The van der Waals surface area contributed by atoms with Gasteiger partial charge in [-0.25, -0.2) is 9.07 Å². The van der Waals surface area contributed by atoms with E-state index in [0.29, 0.717) is 27.8 Å². The number of rotatable bonds is 7. The summed E-state index contributed by atoms with van der Waals surface area (Å²) < 4.78 is 17.0. The van der Waals surface area contributed by atoms with Gasteiger partial charge in [0, 0.05) is 63.5 Å². The van der Waals surface area contributed by atoms with E-state index in [1.54, 1.807) is 25.4 Å². The summed E-state index contributed by atoms with van der Waals surface area (Å²) in [6.45, 7) is 6.85. The number of carbonyl (C=O) groups is 2. The summed E-state index contributed by atoms with van der Waals surface area (Å²) in [6, 6.07) is 14.6. The van der Waals surface area contributed by atoms with Crippen molar-refractivity contribution in [2.24, 2.45) is 12.5 Å². The zero-order chi connectivity index (χ0) is 35.0. The Morgan fingerprint density at radius 2 is 1.70 bits per heavy atom. The van der Waals surface area contributed by atoms with Gasteiger partial charge in [0.2, 0.25) is 11.8 Å². The number of halogens is 2. The Labute approximate surface area is 301 Å². The molecule has 266 valence electrons. The first-order valence-corrected chi connectivity index (χ1v) is 18.7. The number of aromatic nitrogens is 2. The molecule has 2 N–H and O–H groups in total. The third kappa shape index (κ3) is 7.52. The lowest BCUT2D eigenvalue weighted by Gasteiger charge is -2.47. The van der Waals surface area contributed by atoms with Gasteiger partial charge in [0.05, 0.1) is 17.8 Å². The van der Waals surface area contributed by atoms with Gasteiger partial charge >= 0.3 is 0 Å². The molecule has 4 aliphatic heterocycles. The van der Waals surface area contributed by atoms with Gasteiger partial charge in [-0.05, 0) is 109 Å². The minimum Gasteiger partial charge on any atom is -0.379 e. The lowest BCUT2D eigenvalue weighted by atomic mass is 9.71. The fourth-order valence-corrected chi connectivity index (χ4v) is 9.03. The molecule has 10 nitrogen and oxygen atoms in total. The quantitative estimate of drug-likeness (QED) is 0.327. The molecule has 3 aromatic rings. The first-order chi connectivity index (χ1) is 24.1. The number of piperidine rings is 4. The van der Waals surface area contributed by atoms with Crippen LogP contribution in [0.2, 0.25) is 0 Å². The minimum absolute atomic E-state index is 0.147. The van der Waals surface area contributed by atoms with E-state index >= 15 is 4.39 Å². The molecule has 2 aromatic carbocycles. The SMILES string of the molecule is CN1CC(Nc2cnn(C)c(=O)c2Br)CC(c2ccc(CN3CCC4(CC3)CCN(c3ccc(C5CCC(=O)NC5=O)c(F)c3)CC4)cc2)C1. The van der Waals surface area contributed by atoms with Gasteiger partial charge in [0.15, 0.2) is 0 Å². The number of nitrogens with zero attached hydrogens (tertiary/aromatic N) is 5. The molecule has 3 unspecified atom stereocenters. The standard InChI is InChI=1S/C38H47BrFN7O3/c1-44-23-27(19-28(24-44)42-33-21-41-45(2)37(50)35(33)39)26-5-3-25(4-6-26)22-46-15-11-38(12-16-46)13-17-47(18-14-38)29-7-8-30(32(40)20-29)31-9-10-34(48)43-36(31)49/h3-8,20-21,27-28,31,42H,9-19,22-24H2,1-2H3,(H,43,48,49). The van der Waals surface area contributed by atoms with Crippen molar-refractivity contribution in [1.29, 1.82) is 0 Å². The van der Waals surface area contributed by atoms with Crippen LogP contribution in [0.5, 0.6) is 0 Å². The molecular formula is C38H47BrFN7O3. The molecule has 0 radical (unpaired) electrons. The molecule has 50 heavy (non-hydrogen) atoms. The van der Waals surface area contributed by atoms with Crippen molar-refractivity contribution in [2.75, 3.05) is 56.5 Å². The lowest BCUT2D eigenvalue weighted by Crippen LogP contribution is -2.46. The highest BCUT2D eigenvalue weighted by Crippen LogP contribution is 2.43. The van der Waals surface area contributed by atoms with Crippen LogP contribution in [-0.2, 0) is 23.2 Å². The summed E-state index contributed by atoms with van der Waals surface area (Å²) >= 11 is 3.45. The summed E-state index contributed by atoms with van der Waals surface area (Å²) in [7, 11) is 3.81. The van der Waals surface area contributed by atoms with Crippen molar-refractivity contribution in [1.82, 2.24) is 24.9 Å². The fraction of sp³-hybridized carbons (Fsp3) is 0.526. The molecular weight excluding hydrogens is 701 g/mol. The number of likely N-dealkylation sites (N-methyl/N-ethyl adjacent to an activating group) is 1. The number of carbonyl (C=O) groups excluding carboxylic acids is 2. The van der Waals surface area contributed by atoms with Crippen LogP contribution >= 0.6 is 15.9 Å². The van der Waals surface area contributed by atoms with Crippen LogP contribution in [0.4, 0.5) is 15.8 Å². The average Bonchev–Trinajstić information content (AvgIpc) is 3.10. The molecule has 4 aliphatic rings. The van der Waals surface area contributed by atoms with Crippen molar-refractivity contribution in [3.05, 3.63) is 86.0 Å². The normalized spacial score (nSPS) is 24.7. The van der Waals surface area contributed by atoms with Crippen LogP contribution in [0.25, 0.3) is 0 Å². The van der Waals surface area contributed by atoms with Gasteiger partial charge in [0.1, 0.15) is 10.3 Å². The number of hydrogen-bond donors (Lipinski definition) is 2. The summed E-state index contributed by atoms with van der Waals surface area (Å²) in [5.41, 5.74) is 4.88. The zero-order valence-electron chi connectivity index (χ0n) is 29.0. The first kappa shape index (κ1) is 34.8. The Kier molecular flexibility index (Phi) is 10.1. The Morgan fingerprint density at radius 1 is 0.980 bits per heavy atom. The predicted molar refractivity (Wildman–Crippen MR) is 196 cm³/mol. The van der Waals surface area contributed by atoms with Crippen molar-refractivity contribution < 1.29 is 14.0 Å². The van der Waals surface area contributed by atoms with Gasteiger partial charge in [0.25, 0.3) is 5.56 Å². The molecule has 0 aliphatic carbocycles. The molecule has 7 rings (SSSR count). The molecule has 0 saturated carbocycles. The van der Waals surface area contributed by atoms with Gasteiger partial charge in [-0.3, -0.25) is 24.6 Å². The van der Waals surface area contributed by atoms with Crippen LogP contribution in [0.1, 0.15) is 73.5 Å². The molecule has 0 bridgehead atoms. The molecule has 12 heteroatoms. The van der Waals surface area contributed by atoms with E-state index in [-0.39, 0.29) is 29.7 Å². The number of benzene rings is 2. The van der Waals surface area contributed by atoms with E-state index in [1.807, 2.05) is 6.07 Å². The predicted octanol–water partition coefficient (Wildman–Crippen LogP) is 4.98. The highest BCUT2D eigenvalue weighted by molar-refractivity contribution is 9.10. The summed E-state index contributed by atoms with van der Waals surface area (Å²) in [5.74, 6) is -1.26. The van der Waals surface area contributed by atoms with Crippen LogP contribution in [0.15, 0.2) is 57.9 Å². The van der Waals surface area contributed by atoms with E-state index in [1.165, 1.54) is 28.7 Å². The Hall–Kier alpha value is -3.61. The van der Waals surface area contributed by atoms with Crippen molar-refractivity contribution >= 4 is 39.1 Å². The topological polar surface area (TPSA) is 103 Å². The maximum atomic E-state index is 15.2. The number of hydrogen-bond acceptors (Lipinski definition) is 8. The van der Waals surface area contributed by atoms with E-state index < -0.39 is 11.8 Å². The monoisotopic (exact) mass is 747 g/mol. The molecule has 4 saturated heterocycles. The number of imide groups is 1. The maximum Gasteiger partial charge on any atom is 0.282 e. The number of likely N-dealkylation sites (tertiary alicyclic amines) is 2. The summed E-state index contributed by atoms with van der Waals surface area (Å²) in [5, 5.41) is 10.1. The van der Waals surface area contributed by atoms with E-state index in [2.05, 4.69) is 77.7 Å². The second-order valence-corrected chi connectivity index (χ2v) is 15.8. The highest BCUT2D eigenvalue weighted by atomic mass is 79.9. The Morgan fingerprint density at radius 3 is 2.40 bits per heavy atom. The molecule has 4 fully saturated rings. The van der Waals surface area contributed by atoms with Gasteiger partial charge in [-0.2, -0.15) is 5.10 Å². The number of anilines is 2. The average molecular weight is 749 g/mol. The second kappa shape index (κ2) is 14.6. The first-order valence-electron chi connectivity index (χ1n) is 17.9. The van der Waals surface area contributed by atoms with Gasteiger partial charge < -0.3 is 15.1 Å². The highest BCUT2D eigenvalue weighted by Gasteiger charge is 2.38. The Bertz CT molecular complexity index is 1780. The zero-order valence-corrected chi connectivity index (χ0v) is 30.6. The van der Waals surface area contributed by atoms with Crippen molar-refractivity contribution in [3.63, 3.8) is 0 Å². The van der Waals surface area contributed by atoms with Crippen LogP contribution in [0.3, 0.4) is 0 Å². The summed E-state index contributed by atoms with van der Waals surface area (Å²) in [6.07, 6.45) is 7.87. The molecule has 2 amide bonds. The molecule has 1 aromatic heterocycles. The number of amides is 2. The smallest absolute Gasteiger partial charge is 0.282 e. The third-order valence-electron chi connectivity index (χ3n) is 11.6. The molecule has 3 atom stereocenters. The van der Waals surface area contributed by atoms with Crippen molar-refractivity contribution in [2.45, 2.75) is 69.4 Å². The molecule has 5 heterocycles. The second-order valence-electron chi connectivity index (χ2n) is 15.0. The lowest BCUT2D eigenvalue weighted by molar-refractivity contribution is -0.134. The minimum atomic E-state index is -0.607. The largest absolute Gasteiger partial charge is 0.379 e. The number of nitrogens with one attached hydrogen (secondary N) is 2. The van der Waals surface area contributed by atoms with Crippen molar-refractivity contribution in [3.8, 4) is 0 Å². The fourth-order valence-electron chi connectivity index (χ4n) is 8.56. The summed E-state index contributed by atoms with van der Waals surface area (Å²) in [4.78, 5) is 43.3. The van der Waals surface area contributed by atoms with E-state index in [0.717, 1.165) is 76.5 Å². The van der Waals surface area contributed by atoms with E-state index in [9.17, 15) is 14.4 Å². The van der Waals surface area contributed by atoms with Crippen LogP contribution in [-0.4, -0.2) is 83.8 Å². The van der Waals surface area contributed by atoms with Gasteiger partial charge in [-0.15, -0.1) is 0 Å². The molecule has 1 spiro atoms. The van der Waals surface area contributed by atoms with E-state index in [4.69, 9.17) is 0 Å². The third-order valence-corrected chi connectivity index (χ3v) is 12.4. The van der Waals surface area contributed by atoms with Crippen LogP contribution in [0, 0.1) is 11.2 Å². The maximum absolute atomic E-state index is 15.2. The Balaban J connectivity index is 0.888. The van der Waals surface area contributed by atoms with Gasteiger partial charge in [-0.1, -0.05) is 30.3 Å².